The molecular formula is C15H14BrNO3. The number of ether oxygens (including phenoxy) is 2. The number of aromatic nitrogens is 1. The van der Waals surface area contributed by atoms with E-state index in [0.29, 0.717) is 5.88 Å². The van der Waals surface area contributed by atoms with Crippen molar-refractivity contribution in [2.24, 2.45) is 0 Å². The van der Waals surface area contributed by atoms with E-state index < -0.39 is 5.97 Å². The molecule has 2 rings (SSSR count). The Bertz CT molecular complexity index is 587. The third-order valence-electron chi connectivity index (χ3n) is 2.62. The quantitative estimate of drug-likeness (QED) is 0.787. The first-order valence-corrected chi connectivity index (χ1v) is 6.89. The number of nitrogens with zero attached hydrogens (tertiary/aromatic N) is 1. The van der Waals surface area contributed by atoms with Crippen molar-refractivity contribution in [2.45, 2.75) is 13.5 Å². The number of pyridine rings is 1. The summed E-state index contributed by atoms with van der Waals surface area (Å²) in [4.78, 5) is 15.6. The third kappa shape index (κ3) is 4.06. The minimum absolute atomic E-state index is 0.165. The summed E-state index contributed by atoms with van der Waals surface area (Å²) in [6, 6.07) is 11.3. The van der Waals surface area contributed by atoms with E-state index in [1.165, 1.54) is 0 Å². The van der Waals surface area contributed by atoms with Crippen LogP contribution in [-0.4, -0.2) is 17.6 Å². The van der Waals surface area contributed by atoms with Crippen LogP contribution in [0, 0.1) is 6.92 Å². The van der Waals surface area contributed by atoms with Crippen LogP contribution in [-0.2, 0) is 16.1 Å². The zero-order chi connectivity index (χ0) is 14.4. The average Bonchev–Trinajstić information content (AvgIpc) is 2.48. The van der Waals surface area contributed by atoms with Gasteiger partial charge in [0.05, 0.1) is 4.47 Å². The largest absolute Gasteiger partial charge is 0.465 e. The molecule has 104 valence electrons. The van der Waals surface area contributed by atoms with Crippen LogP contribution in [0.5, 0.6) is 5.88 Å². The van der Waals surface area contributed by atoms with Crippen molar-refractivity contribution in [1.29, 1.82) is 0 Å². The summed E-state index contributed by atoms with van der Waals surface area (Å²) in [7, 11) is 0. The van der Waals surface area contributed by atoms with Gasteiger partial charge < -0.3 is 9.47 Å². The van der Waals surface area contributed by atoms with E-state index in [-0.39, 0.29) is 13.2 Å². The number of benzene rings is 1. The van der Waals surface area contributed by atoms with Gasteiger partial charge in [-0.1, -0.05) is 30.3 Å². The molecule has 5 heteroatoms. The molecule has 0 saturated heterocycles. The predicted molar refractivity (Wildman–Crippen MR) is 78.4 cm³/mol. The molecule has 0 spiro atoms. The summed E-state index contributed by atoms with van der Waals surface area (Å²) in [5, 5.41) is 0. The molecule has 2 aromatic rings. The average molecular weight is 336 g/mol. The Morgan fingerprint density at radius 1 is 1.25 bits per heavy atom. The van der Waals surface area contributed by atoms with Crippen LogP contribution in [0.25, 0.3) is 0 Å². The van der Waals surface area contributed by atoms with Crippen molar-refractivity contribution in [3.05, 3.63) is 58.2 Å². The second-order valence-corrected chi connectivity index (χ2v) is 4.97. The molecule has 0 bridgehead atoms. The predicted octanol–water partition coefficient (Wildman–Crippen LogP) is 3.27. The Hall–Kier alpha value is -1.88. The van der Waals surface area contributed by atoms with Crippen LogP contribution in [0.4, 0.5) is 0 Å². The first kappa shape index (κ1) is 14.5. The Labute approximate surface area is 125 Å². The molecule has 0 unspecified atom stereocenters. The van der Waals surface area contributed by atoms with E-state index >= 15 is 0 Å². The molecular weight excluding hydrogens is 322 g/mol. The number of carbonyl (C=O) groups is 1. The van der Waals surface area contributed by atoms with Gasteiger partial charge >= 0.3 is 5.97 Å². The van der Waals surface area contributed by atoms with E-state index in [9.17, 15) is 4.79 Å². The number of hydrogen-bond acceptors (Lipinski definition) is 4. The molecule has 0 amide bonds. The molecule has 0 aliphatic rings. The van der Waals surface area contributed by atoms with Crippen molar-refractivity contribution >= 4 is 21.9 Å². The zero-order valence-electron chi connectivity index (χ0n) is 11.0. The minimum Gasteiger partial charge on any atom is -0.465 e. The van der Waals surface area contributed by atoms with Gasteiger partial charge in [-0.25, -0.2) is 9.78 Å². The fourth-order valence-corrected chi connectivity index (χ4v) is 1.87. The Balaban J connectivity index is 1.82. The van der Waals surface area contributed by atoms with E-state index in [1.54, 1.807) is 6.20 Å². The van der Waals surface area contributed by atoms with E-state index in [4.69, 9.17) is 9.47 Å². The summed E-state index contributed by atoms with van der Waals surface area (Å²) in [5.74, 6) is -0.0364. The molecule has 0 radical (unpaired) electrons. The topological polar surface area (TPSA) is 48.4 Å². The lowest BCUT2D eigenvalue weighted by Gasteiger charge is -2.08. The van der Waals surface area contributed by atoms with Crippen molar-refractivity contribution in [2.75, 3.05) is 6.61 Å². The van der Waals surface area contributed by atoms with E-state index in [1.807, 2.05) is 43.3 Å². The maximum atomic E-state index is 11.6. The van der Waals surface area contributed by atoms with Gasteiger partial charge in [-0.05, 0) is 40.0 Å². The highest BCUT2D eigenvalue weighted by atomic mass is 79.9. The van der Waals surface area contributed by atoms with Crippen molar-refractivity contribution in [3.8, 4) is 5.88 Å². The molecule has 0 fully saturated rings. The highest BCUT2D eigenvalue weighted by Gasteiger charge is 2.09. The van der Waals surface area contributed by atoms with Gasteiger partial charge in [-0.3, -0.25) is 0 Å². The van der Waals surface area contributed by atoms with Gasteiger partial charge in [0.15, 0.2) is 6.61 Å². The molecule has 1 aromatic carbocycles. The molecule has 0 aliphatic carbocycles. The first-order chi connectivity index (χ1) is 9.66. The Morgan fingerprint density at radius 2 is 2.00 bits per heavy atom. The zero-order valence-corrected chi connectivity index (χ0v) is 12.6. The number of esters is 1. The number of hydrogen-bond donors (Lipinski definition) is 0. The van der Waals surface area contributed by atoms with Gasteiger partial charge in [-0.15, -0.1) is 0 Å². The number of carbonyl (C=O) groups excluding carboxylic acids is 1. The molecule has 0 atom stereocenters. The van der Waals surface area contributed by atoms with Crippen LogP contribution in [0.1, 0.15) is 11.1 Å². The fourth-order valence-electron chi connectivity index (χ4n) is 1.52. The monoisotopic (exact) mass is 335 g/mol. The van der Waals surface area contributed by atoms with Crippen molar-refractivity contribution < 1.29 is 14.3 Å². The van der Waals surface area contributed by atoms with Crippen LogP contribution in [0.2, 0.25) is 0 Å². The second-order valence-electron chi connectivity index (χ2n) is 4.18. The van der Waals surface area contributed by atoms with Crippen LogP contribution in [0.3, 0.4) is 0 Å². The SMILES string of the molecule is Cc1ccnc(OCC(=O)OCc2ccccc2)c1Br. The molecule has 1 aromatic heterocycles. The fraction of sp³-hybridized carbons (Fsp3) is 0.200. The lowest BCUT2D eigenvalue weighted by atomic mass is 10.2. The van der Waals surface area contributed by atoms with Gasteiger partial charge in [0.1, 0.15) is 6.61 Å². The van der Waals surface area contributed by atoms with Gasteiger partial charge in [0.25, 0.3) is 0 Å². The first-order valence-electron chi connectivity index (χ1n) is 6.10. The molecule has 4 nitrogen and oxygen atoms in total. The van der Waals surface area contributed by atoms with Crippen molar-refractivity contribution in [1.82, 2.24) is 4.98 Å². The highest BCUT2D eigenvalue weighted by Crippen LogP contribution is 2.25. The van der Waals surface area contributed by atoms with Gasteiger partial charge in [0.2, 0.25) is 5.88 Å². The molecule has 0 N–H and O–H groups in total. The normalized spacial score (nSPS) is 10.1. The summed E-state index contributed by atoms with van der Waals surface area (Å²) < 4.78 is 11.2. The summed E-state index contributed by atoms with van der Waals surface area (Å²) in [5.41, 5.74) is 1.93. The number of halogens is 1. The van der Waals surface area contributed by atoms with Crippen LogP contribution < -0.4 is 4.74 Å². The lowest BCUT2D eigenvalue weighted by molar-refractivity contribution is -0.147. The van der Waals surface area contributed by atoms with Gasteiger partial charge in [0, 0.05) is 6.20 Å². The highest BCUT2D eigenvalue weighted by molar-refractivity contribution is 9.10. The lowest BCUT2D eigenvalue weighted by Crippen LogP contribution is -2.15. The maximum absolute atomic E-state index is 11.6. The van der Waals surface area contributed by atoms with Crippen LogP contribution in [0.15, 0.2) is 47.1 Å². The summed E-state index contributed by atoms with van der Waals surface area (Å²) in [6.07, 6.45) is 1.63. The van der Waals surface area contributed by atoms with Crippen molar-refractivity contribution in [3.63, 3.8) is 0 Å². The van der Waals surface area contributed by atoms with E-state index in [0.717, 1.165) is 15.6 Å². The smallest absolute Gasteiger partial charge is 0.344 e. The molecule has 1 heterocycles. The Kier molecular flexibility index (Phi) is 5.12. The number of aryl methyl sites for hydroxylation is 1. The third-order valence-corrected chi connectivity index (χ3v) is 3.58. The van der Waals surface area contributed by atoms with E-state index in [2.05, 4.69) is 20.9 Å². The molecule has 20 heavy (non-hydrogen) atoms. The minimum atomic E-state index is -0.427. The molecule has 0 aliphatic heterocycles. The molecule has 0 saturated carbocycles. The standard InChI is InChI=1S/C15H14BrNO3/c1-11-7-8-17-15(14(11)16)20-10-13(18)19-9-12-5-3-2-4-6-12/h2-8H,9-10H2,1H3. The van der Waals surface area contributed by atoms with Crippen LogP contribution >= 0.6 is 15.9 Å². The second kappa shape index (κ2) is 7.05. The summed E-state index contributed by atoms with van der Waals surface area (Å²) in [6.45, 7) is 2.00. The number of rotatable bonds is 5. The maximum Gasteiger partial charge on any atom is 0.344 e. The van der Waals surface area contributed by atoms with Gasteiger partial charge in [-0.2, -0.15) is 0 Å². The Morgan fingerprint density at radius 3 is 2.75 bits per heavy atom. The summed E-state index contributed by atoms with van der Waals surface area (Å²) >= 11 is 3.37.